The van der Waals surface area contributed by atoms with E-state index in [1.165, 1.54) is 22.5 Å². The topological polar surface area (TPSA) is 99.5 Å². The lowest BCUT2D eigenvalue weighted by molar-refractivity contribution is 0.231. The van der Waals surface area contributed by atoms with Gasteiger partial charge < -0.3 is 9.32 Å². The summed E-state index contributed by atoms with van der Waals surface area (Å²) in [4.78, 5) is 13.8. The molecule has 34 heavy (non-hydrogen) atoms. The second kappa shape index (κ2) is 8.83. The largest absolute Gasteiger partial charge is 0.434 e. The van der Waals surface area contributed by atoms with Crippen LogP contribution in [0.1, 0.15) is 55.3 Å². The van der Waals surface area contributed by atoms with E-state index in [1.54, 1.807) is 26.0 Å². The average molecular weight is 509 g/mol. The Kier molecular flexibility index (Phi) is 6.34. The van der Waals surface area contributed by atoms with Gasteiger partial charge >= 0.3 is 5.76 Å². The Labute approximate surface area is 202 Å². The van der Waals surface area contributed by atoms with Crippen LogP contribution in [0, 0.1) is 19.7 Å². The summed E-state index contributed by atoms with van der Waals surface area (Å²) in [6.07, 6.45) is 0. The minimum Gasteiger partial charge on any atom is -0.391 e. The number of nitrogens with zero attached hydrogens (tertiary/aromatic N) is 3. The highest BCUT2D eigenvalue weighted by atomic mass is 35.5. The number of fused-ring (bicyclic) bond motifs is 1. The molecule has 0 fully saturated rings. The van der Waals surface area contributed by atoms with Crippen LogP contribution in [0.4, 0.5) is 10.1 Å². The fraction of sp³-hybridized carbons (Fsp3) is 0.391. The van der Waals surface area contributed by atoms with Gasteiger partial charge in [0.25, 0.3) is 0 Å². The van der Waals surface area contributed by atoms with Crippen LogP contribution in [0.2, 0.25) is 5.02 Å². The van der Waals surface area contributed by atoms with Crippen molar-refractivity contribution in [1.29, 1.82) is 0 Å². The summed E-state index contributed by atoms with van der Waals surface area (Å²) in [6, 6.07) is 6.42. The molecule has 0 saturated heterocycles. The Morgan fingerprint density at radius 3 is 2.50 bits per heavy atom. The van der Waals surface area contributed by atoms with E-state index in [-0.39, 0.29) is 23.5 Å². The van der Waals surface area contributed by atoms with Crippen molar-refractivity contribution in [3.8, 4) is 0 Å². The number of rotatable bonds is 5. The highest BCUT2D eigenvalue weighted by molar-refractivity contribution is 7.89. The third-order valence-electron chi connectivity index (χ3n) is 6.41. The smallest absolute Gasteiger partial charge is 0.391 e. The molecule has 0 aliphatic carbocycles. The lowest BCUT2D eigenvalue weighted by atomic mass is 9.87. The normalized spacial score (nSPS) is 17.6. The van der Waals surface area contributed by atoms with Crippen LogP contribution in [0.25, 0.3) is 0 Å². The molecule has 182 valence electrons. The maximum absolute atomic E-state index is 15.1. The van der Waals surface area contributed by atoms with Gasteiger partial charge in [-0.25, -0.2) is 22.7 Å². The highest BCUT2D eigenvalue weighted by Gasteiger charge is 2.45. The van der Waals surface area contributed by atoms with Crippen LogP contribution >= 0.6 is 11.6 Å². The minimum absolute atomic E-state index is 0.0633. The molecule has 0 saturated carbocycles. The van der Waals surface area contributed by atoms with Crippen molar-refractivity contribution in [2.45, 2.75) is 57.5 Å². The van der Waals surface area contributed by atoms with Crippen LogP contribution in [-0.4, -0.2) is 35.6 Å². The number of aromatic nitrogens is 2. The van der Waals surface area contributed by atoms with Crippen molar-refractivity contribution in [2.24, 2.45) is 0 Å². The molecule has 2 atom stereocenters. The van der Waals surface area contributed by atoms with Gasteiger partial charge in [0, 0.05) is 17.0 Å². The molecule has 11 heteroatoms. The quantitative estimate of drug-likeness (QED) is 0.545. The summed E-state index contributed by atoms with van der Waals surface area (Å²) in [6.45, 7) is 9.13. The number of nitrogens with one attached hydrogen (secondary N) is 1. The maximum atomic E-state index is 15.1. The van der Waals surface area contributed by atoms with Gasteiger partial charge in [-0.3, -0.25) is 0 Å². The second-order valence-corrected chi connectivity index (χ2v) is 11.1. The molecular formula is C23H26ClFN4O4S. The molecule has 3 aromatic rings. The summed E-state index contributed by atoms with van der Waals surface area (Å²) < 4.78 is 49.3. The number of benzene rings is 2. The molecule has 0 radical (unpaired) electrons. The minimum atomic E-state index is -4.10. The number of halogens is 2. The third-order valence-corrected chi connectivity index (χ3v) is 8.51. The Bertz CT molecular complexity index is 1400. The molecule has 2 heterocycles. The maximum Gasteiger partial charge on any atom is 0.434 e. The summed E-state index contributed by atoms with van der Waals surface area (Å²) in [5, 5.41) is 6.57. The van der Waals surface area contributed by atoms with Gasteiger partial charge in [-0.05, 0) is 68.7 Å². The van der Waals surface area contributed by atoms with E-state index in [2.05, 4.69) is 10.2 Å². The zero-order chi connectivity index (χ0) is 24.9. The molecule has 1 aromatic heterocycles. The van der Waals surface area contributed by atoms with E-state index in [4.69, 9.17) is 16.0 Å². The number of sulfonamides is 1. The molecule has 0 amide bonds. The van der Waals surface area contributed by atoms with Crippen molar-refractivity contribution in [3.63, 3.8) is 0 Å². The Balaban J connectivity index is 1.95. The lowest BCUT2D eigenvalue weighted by Gasteiger charge is -2.43. The van der Waals surface area contributed by atoms with Crippen molar-refractivity contribution in [1.82, 2.24) is 14.5 Å². The third kappa shape index (κ3) is 4.03. The van der Waals surface area contributed by atoms with Gasteiger partial charge in [-0.1, -0.05) is 24.6 Å². The molecule has 1 N–H and O–H groups in total. The number of hydrogen-bond acceptors (Lipinski definition) is 6. The molecule has 4 rings (SSSR count). The van der Waals surface area contributed by atoms with Crippen LogP contribution in [-0.2, 0) is 10.0 Å². The van der Waals surface area contributed by atoms with Crippen molar-refractivity contribution >= 4 is 27.3 Å². The number of H-pyrrole nitrogens is 1. The summed E-state index contributed by atoms with van der Waals surface area (Å²) in [5.74, 6) is -2.16. The monoisotopic (exact) mass is 508 g/mol. The van der Waals surface area contributed by atoms with Crippen molar-refractivity contribution in [3.05, 3.63) is 74.3 Å². The van der Waals surface area contributed by atoms with E-state index in [1.807, 2.05) is 25.7 Å². The number of hydrogen-bond donors (Lipinski definition) is 1. The van der Waals surface area contributed by atoms with Gasteiger partial charge in [0.05, 0.1) is 12.4 Å². The molecular weight excluding hydrogens is 483 g/mol. The fourth-order valence-corrected chi connectivity index (χ4v) is 6.46. The van der Waals surface area contributed by atoms with Gasteiger partial charge in [-0.15, -0.1) is 5.10 Å². The molecule has 2 aromatic carbocycles. The van der Waals surface area contributed by atoms with Crippen LogP contribution in [0.3, 0.4) is 0 Å². The molecule has 1 unspecified atom stereocenters. The Hall–Kier alpha value is -2.69. The van der Waals surface area contributed by atoms with Crippen LogP contribution in [0.15, 0.2) is 44.4 Å². The first-order valence-corrected chi connectivity index (χ1v) is 12.6. The zero-order valence-electron chi connectivity index (χ0n) is 19.5. The van der Waals surface area contributed by atoms with Crippen molar-refractivity contribution < 1.29 is 17.2 Å². The molecule has 8 nitrogen and oxygen atoms in total. The lowest BCUT2D eigenvalue weighted by Crippen LogP contribution is -2.51. The van der Waals surface area contributed by atoms with Gasteiger partial charge in [0.2, 0.25) is 15.9 Å². The average Bonchev–Trinajstić information content (AvgIpc) is 3.18. The van der Waals surface area contributed by atoms with E-state index < -0.39 is 33.6 Å². The van der Waals surface area contributed by atoms with E-state index in [0.717, 1.165) is 5.56 Å². The van der Waals surface area contributed by atoms with E-state index >= 15 is 4.39 Å². The van der Waals surface area contributed by atoms with E-state index in [0.29, 0.717) is 21.8 Å². The molecule has 1 aliphatic heterocycles. The first-order valence-electron chi connectivity index (χ1n) is 10.8. The van der Waals surface area contributed by atoms with Gasteiger partial charge in [-0.2, -0.15) is 4.31 Å². The SMILES string of the molecule is Cc1ccc(F)c(C(C)[C@@H](c2n[nH]c(=O)o2)N2CN(C(C)C)c3cc(Cl)ccc3S2(=O)=O)c1C. The van der Waals surface area contributed by atoms with Crippen LogP contribution in [0.5, 0.6) is 0 Å². The number of anilines is 1. The zero-order valence-corrected chi connectivity index (χ0v) is 21.0. The van der Waals surface area contributed by atoms with Crippen LogP contribution < -0.4 is 10.7 Å². The first-order chi connectivity index (χ1) is 15.9. The Morgan fingerprint density at radius 2 is 1.88 bits per heavy atom. The molecule has 0 spiro atoms. The molecule has 1 aliphatic rings. The summed E-state index contributed by atoms with van der Waals surface area (Å²) >= 11 is 6.18. The predicted octanol–water partition coefficient (Wildman–Crippen LogP) is 4.49. The predicted molar refractivity (Wildman–Crippen MR) is 127 cm³/mol. The standard InChI is InChI=1S/C23H26ClFN4O4S/c1-12(2)28-11-29(34(31,32)19-9-7-16(24)10-18(19)28)21(22-26-27-23(30)33-22)15(5)20-14(4)13(3)6-8-17(20)25/h6-10,12,15,21H,11H2,1-5H3,(H,27,30)/t15?,21-/m0/s1. The first kappa shape index (κ1) is 24.4. The fourth-order valence-electron chi connectivity index (χ4n) is 4.52. The number of aryl methyl sites for hydroxylation is 1. The molecule has 0 bridgehead atoms. The Morgan fingerprint density at radius 1 is 1.18 bits per heavy atom. The van der Waals surface area contributed by atoms with Crippen molar-refractivity contribution in [2.75, 3.05) is 11.6 Å². The van der Waals surface area contributed by atoms with E-state index in [9.17, 15) is 13.2 Å². The number of aromatic amines is 1. The summed E-state index contributed by atoms with van der Waals surface area (Å²) in [5.41, 5.74) is 2.36. The summed E-state index contributed by atoms with van der Waals surface area (Å²) in [7, 11) is -4.10. The van der Waals surface area contributed by atoms with Gasteiger partial charge in [0.1, 0.15) is 16.8 Å². The van der Waals surface area contributed by atoms with Gasteiger partial charge in [0.15, 0.2) is 0 Å². The highest BCUT2D eigenvalue weighted by Crippen LogP contribution is 2.45. The second-order valence-electron chi connectivity index (χ2n) is 8.80.